The van der Waals surface area contributed by atoms with Gasteiger partial charge in [0.1, 0.15) is 0 Å². The van der Waals surface area contributed by atoms with Crippen LogP contribution in [-0.4, -0.2) is 19.6 Å². The SMILES string of the molecule is NCCCC1CCN(c2ccccc2)C1. The number of hydrogen-bond donors (Lipinski definition) is 1. The Labute approximate surface area is 92.1 Å². The molecule has 2 rings (SSSR count). The van der Waals surface area contributed by atoms with Gasteiger partial charge >= 0.3 is 0 Å². The van der Waals surface area contributed by atoms with Crippen LogP contribution in [0.15, 0.2) is 30.3 Å². The third-order valence-corrected chi connectivity index (χ3v) is 3.22. The molecule has 1 heterocycles. The number of benzene rings is 1. The Bertz CT molecular complexity index is 284. The van der Waals surface area contributed by atoms with Gasteiger partial charge in [0.2, 0.25) is 0 Å². The second-order valence-electron chi connectivity index (χ2n) is 4.37. The number of rotatable bonds is 4. The summed E-state index contributed by atoms with van der Waals surface area (Å²) in [5.41, 5.74) is 6.91. The largest absolute Gasteiger partial charge is 0.371 e. The molecule has 0 radical (unpaired) electrons. The van der Waals surface area contributed by atoms with Crippen molar-refractivity contribution in [2.24, 2.45) is 11.7 Å². The first kappa shape index (κ1) is 10.5. The number of hydrogen-bond acceptors (Lipinski definition) is 2. The molecule has 0 bridgehead atoms. The minimum absolute atomic E-state index is 0.835. The lowest BCUT2D eigenvalue weighted by Crippen LogP contribution is -2.19. The normalized spacial score (nSPS) is 20.9. The van der Waals surface area contributed by atoms with Crippen molar-refractivity contribution in [3.8, 4) is 0 Å². The zero-order chi connectivity index (χ0) is 10.5. The fourth-order valence-electron chi connectivity index (χ4n) is 2.35. The fourth-order valence-corrected chi connectivity index (χ4v) is 2.35. The van der Waals surface area contributed by atoms with Gasteiger partial charge in [-0.3, -0.25) is 0 Å². The maximum absolute atomic E-state index is 5.54. The third-order valence-electron chi connectivity index (χ3n) is 3.22. The highest BCUT2D eigenvalue weighted by Crippen LogP contribution is 2.25. The van der Waals surface area contributed by atoms with E-state index in [-0.39, 0.29) is 0 Å². The van der Waals surface area contributed by atoms with Gasteiger partial charge in [-0.25, -0.2) is 0 Å². The van der Waals surface area contributed by atoms with Gasteiger partial charge < -0.3 is 10.6 Å². The summed E-state index contributed by atoms with van der Waals surface area (Å²) in [6.07, 6.45) is 3.79. The summed E-state index contributed by atoms with van der Waals surface area (Å²) in [6, 6.07) is 10.7. The zero-order valence-electron chi connectivity index (χ0n) is 9.23. The van der Waals surface area contributed by atoms with Crippen molar-refractivity contribution in [3.63, 3.8) is 0 Å². The highest BCUT2D eigenvalue weighted by molar-refractivity contribution is 5.46. The van der Waals surface area contributed by atoms with Gasteiger partial charge in [-0.2, -0.15) is 0 Å². The van der Waals surface area contributed by atoms with Crippen LogP contribution in [0.2, 0.25) is 0 Å². The first-order chi connectivity index (χ1) is 7.40. The molecule has 82 valence electrons. The molecule has 1 fully saturated rings. The van der Waals surface area contributed by atoms with E-state index >= 15 is 0 Å². The minimum Gasteiger partial charge on any atom is -0.371 e. The predicted octanol–water partition coefficient (Wildman–Crippen LogP) is 2.25. The molecule has 2 heteroatoms. The van der Waals surface area contributed by atoms with E-state index in [2.05, 4.69) is 35.2 Å². The molecule has 1 aliphatic heterocycles. The van der Waals surface area contributed by atoms with Crippen LogP contribution in [-0.2, 0) is 0 Å². The highest BCUT2D eigenvalue weighted by Gasteiger charge is 2.21. The Kier molecular flexibility index (Phi) is 3.62. The molecule has 2 nitrogen and oxygen atoms in total. The fraction of sp³-hybridized carbons (Fsp3) is 0.538. The molecule has 1 atom stereocenters. The lowest BCUT2D eigenvalue weighted by molar-refractivity contribution is 0.519. The maximum Gasteiger partial charge on any atom is 0.0366 e. The third kappa shape index (κ3) is 2.72. The van der Waals surface area contributed by atoms with Gasteiger partial charge in [0.15, 0.2) is 0 Å². The number of para-hydroxylation sites is 1. The molecule has 0 aromatic heterocycles. The van der Waals surface area contributed by atoms with E-state index in [9.17, 15) is 0 Å². The van der Waals surface area contributed by atoms with Crippen LogP contribution in [0.3, 0.4) is 0 Å². The van der Waals surface area contributed by atoms with E-state index in [4.69, 9.17) is 5.73 Å². The van der Waals surface area contributed by atoms with Crippen molar-refractivity contribution in [1.29, 1.82) is 0 Å². The lowest BCUT2D eigenvalue weighted by Gasteiger charge is -2.18. The van der Waals surface area contributed by atoms with E-state index in [1.807, 2.05) is 0 Å². The first-order valence-electron chi connectivity index (χ1n) is 5.90. The zero-order valence-corrected chi connectivity index (χ0v) is 9.23. The van der Waals surface area contributed by atoms with Gasteiger partial charge in [-0.15, -0.1) is 0 Å². The van der Waals surface area contributed by atoms with Gasteiger partial charge in [0, 0.05) is 18.8 Å². The molecule has 0 aliphatic carbocycles. The molecule has 1 aromatic rings. The van der Waals surface area contributed by atoms with Crippen LogP contribution >= 0.6 is 0 Å². The molecule has 0 spiro atoms. The second kappa shape index (κ2) is 5.17. The summed E-state index contributed by atoms with van der Waals surface area (Å²) >= 11 is 0. The molecule has 2 N–H and O–H groups in total. The predicted molar refractivity (Wildman–Crippen MR) is 65.1 cm³/mol. The lowest BCUT2D eigenvalue weighted by atomic mass is 10.0. The van der Waals surface area contributed by atoms with E-state index in [1.54, 1.807) is 0 Å². The van der Waals surface area contributed by atoms with Crippen molar-refractivity contribution in [2.45, 2.75) is 19.3 Å². The Morgan fingerprint density at radius 2 is 2.07 bits per heavy atom. The van der Waals surface area contributed by atoms with E-state index in [1.165, 1.54) is 38.0 Å². The molecule has 0 amide bonds. The van der Waals surface area contributed by atoms with Gasteiger partial charge in [-0.1, -0.05) is 18.2 Å². The summed E-state index contributed by atoms with van der Waals surface area (Å²) in [5, 5.41) is 0. The van der Waals surface area contributed by atoms with E-state index in [0.29, 0.717) is 0 Å². The molecule has 1 aliphatic rings. The number of nitrogens with two attached hydrogens (primary N) is 1. The summed E-state index contributed by atoms with van der Waals surface area (Å²) < 4.78 is 0. The smallest absolute Gasteiger partial charge is 0.0366 e. The van der Waals surface area contributed by atoms with Crippen LogP contribution in [0.25, 0.3) is 0 Å². The standard InChI is InChI=1S/C13H20N2/c14-9-4-5-12-8-10-15(11-12)13-6-2-1-3-7-13/h1-3,6-7,12H,4-5,8-11,14H2. The van der Waals surface area contributed by atoms with Crippen LogP contribution in [0.4, 0.5) is 5.69 Å². The van der Waals surface area contributed by atoms with Crippen molar-refractivity contribution in [1.82, 2.24) is 0 Å². The topological polar surface area (TPSA) is 29.3 Å². The first-order valence-corrected chi connectivity index (χ1v) is 5.90. The molecule has 0 saturated carbocycles. The number of anilines is 1. The Hall–Kier alpha value is -1.02. The molecule has 15 heavy (non-hydrogen) atoms. The highest BCUT2D eigenvalue weighted by atomic mass is 15.1. The summed E-state index contributed by atoms with van der Waals surface area (Å²) in [5.74, 6) is 0.855. The van der Waals surface area contributed by atoms with Crippen LogP contribution in [0, 0.1) is 5.92 Å². The quantitative estimate of drug-likeness (QED) is 0.815. The van der Waals surface area contributed by atoms with Crippen molar-refractivity contribution >= 4 is 5.69 Å². The maximum atomic E-state index is 5.54. The molecular weight excluding hydrogens is 184 g/mol. The Balaban J connectivity index is 1.87. The van der Waals surface area contributed by atoms with Crippen molar-refractivity contribution in [2.75, 3.05) is 24.5 Å². The molecule has 1 aromatic carbocycles. The van der Waals surface area contributed by atoms with Gasteiger partial charge in [0.25, 0.3) is 0 Å². The average Bonchev–Trinajstić information content (AvgIpc) is 2.76. The van der Waals surface area contributed by atoms with Crippen molar-refractivity contribution < 1.29 is 0 Å². The molecular formula is C13H20N2. The summed E-state index contributed by atoms with van der Waals surface area (Å²) in [6.45, 7) is 3.26. The minimum atomic E-state index is 0.835. The Morgan fingerprint density at radius 3 is 2.80 bits per heavy atom. The molecule has 1 saturated heterocycles. The summed E-state index contributed by atoms with van der Waals surface area (Å²) in [4.78, 5) is 2.49. The van der Waals surface area contributed by atoms with Crippen LogP contribution < -0.4 is 10.6 Å². The monoisotopic (exact) mass is 204 g/mol. The molecule has 1 unspecified atom stereocenters. The van der Waals surface area contributed by atoms with Gasteiger partial charge in [-0.05, 0) is 43.9 Å². The van der Waals surface area contributed by atoms with Gasteiger partial charge in [0.05, 0.1) is 0 Å². The van der Waals surface area contributed by atoms with Crippen LogP contribution in [0.5, 0.6) is 0 Å². The van der Waals surface area contributed by atoms with Crippen molar-refractivity contribution in [3.05, 3.63) is 30.3 Å². The average molecular weight is 204 g/mol. The second-order valence-corrected chi connectivity index (χ2v) is 4.37. The number of nitrogens with zero attached hydrogens (tertiary/aromatic N) is 1. The van der Waals surface area contributed by atoms with E-state index in [0.717, 1.165) is 12.5 Å². The van der Waals surface area contributed by atoms with Crippen LogP contribution in [0.1, 0.15) is 19.3 Å². The Morgan fingerprint density at radius 1 is 1.27 bits per heavy atom. The summed E-state index contributed by atoms with van der Waals surface area (Å²) in [7, 11) is 0. The van der Waals surface area contributed by atoms with E-state index < -0.39 is 0 Å².